The minimum absolute atomic E-state index is 0.0308. The average molecular weight is 453 g/mol. The zero-order valence-corrected chi connectivity index (χ0v) is 19.4. The second-order valence-corrected chi connectivity index (χ2v) is 9.14. The summed E-state index contributed by atoms with van der Waals surface area (Å²) in [6, 6.07) is 15.6. The second kappa shape index (κ2) is 11.0. The van der Waals surface area contributed by atoms with Gasteiger partial charge in [-0.25, -0.2) is 9.59 Å². The fourth-order valence-corrected chi connectivity index (χ4v) is 3.96. The summed E-state index contributed by atoms with van der Waals surface area (Å²) in [4.78, 5) is 35.4. The SMILES string of the molecule is CC(C)(C)OC(=O)NCCCCC(C=O)NC(=O)OCC1c2ccccc2-c2ccccc21. The minimum atomic E-state index is -0.637. The van der Waals surface area contributed by atoms with Crippen LogP contribution in [0.2, 0.25) is 0 Å². The molecule has 2 N–H and O–H groups in total. The van der Waals surface area contributed by atoms with Gasteiger partial charge in [0.2, 0.25) is 0 Å². The van der Waals surface area contributed by atoms with Crippen molar-refractivity contribution in [2.75, 3.05) is 13.2 Å². The first-order valence-electron chi connectivity index (χ1n) is 11.3. The van der Waals surface area contributed by atoms with Crippen molar-refractivity contribution in [3.63, 3.8) is 0 Å². The van der Waals surface area contributed by atoms with Gasteiger partial charge in [-0.3, -0.25) is 0 Å². The number of aldehydes is 1. The molecule has 0 saturated heterocycles. The molecule has 1 aliphatic carbocycles. The first-order valence-corrected chi connectivity index (χ1v) is 11.3. The van der Waals surface area contributed by atoms with Gasteiger partial charge in [-0.2, -0.15) is 0 Å². The predicted molar refractivity (Wildman–Crippen MR) is 126 cm³/mol. The highest BCUT2D eigenvalue weighted by Crippen LogP contribution is 2.44. The first kappa shape index (κ1) is 24.3. The highest BCUT2D eigenvalue weighted by Gasteiger charge is 2.29. The van der Waals surface area contributed by atoms with Crippen LogP contribution in [-0.4, -0.2) is 43.3 Å². The van der Waals surface area contributed by atoms with Gasteiger partial charge in [-0.1, -0.05) is 48.5 Å². The van der Waals surface area contributed by atoms with Crippen LogP contribution < -0.4 is 10.6 Å². The Hall–Kier alpha value is -3.35. The van der Waals surface area contributed by atoms with Crippen molar-refractivity contribution in [3.05, 3.63) is 59.7 Å². The van der Waals surface area contributed by atoms with E-state index in [1.807, 2.05) is 24.3 Å². The fourth-order valence-electron chi connectivity index (χ4n) is 3.96. The molecule has 2 aromatic rings. The monoisotopic (exact) mass is 452 g/mol. The molecule has 0 spiro atoms. The molecular weight excluding hydrogens is 420 g/mol. The summed E-state index contributed by atoms with van der Waals surface area (Å²) in [7, 11) is 0. The lowest BCUT2D eigenvalue weighted by atomic mass is 9.98. The van der Waals surface area contributed by atoms with Gasteiger partial charge in [0.25, 0.3) is 0 Å². The van der Waals surface area contributed by atoms with E-state index in [1.54, 1.807) is 20.8 Å². The van der Waals surface area contributed by atoms with Crippen molar-refractivity contribution in [3.8, 4) is 11.1 Å². The number of alkyl carbamates (subject to hydrolysis) is 2. The molecule has 7 heteroatoms. The molecule has 0 aromatic heterocycles. The zero-order valence-electron chi connectivity index (χ0n) is 19.4. The molecular formula is C26H32N2O5. The standard InChI is InChI=1S/C26H32N2O5/c1-26(2,3)33-24(30)27-15-9-8-10-18(16-29)28-25(31)32-17-23-21-13-6-4-11-19(21)20-12-5-7-14-22(20)23/h4-7,11-14,16,18,23H,8-10,15,17H2,1-3H3,(H,27,30)(H,28,31). The molecule has 1 unspecified atom stereocenters. The molecule has 176 valence electrons. The van der Waals surface area contributed by atoms with Gasteiger partial charge >= 0.3 is 12.2 Å². The van der Waals surface area contributed by atoms with Crippen LogP contribution in [0, 0.1) is 0 Å². The summed E-state index contributed by atoms with van der Waals surface area (Å²) < 4.78 is 10.7. The smallest absolute Gasteiger partial charge is 0.407 e. The molecule has 7 nitrogen and oxygen atoms in total. The van der Waals surface area contributed by atoms with Crippen LogP contribution >= 0.6 is 0 Å². The van der Waals surface area contributed by atoms with E-state index in [9.17, 15) is 14.4 Å². The Labute approximate surface area is 194 Å². The number of unbranched alkanes of at least 4 members (excludes halogenated alkanes) is 1. The summed E-state index contributed by atoms with van der Waals surface area (Å²) in [6.45, 7) is 6.04. The van der Waals surface area contributed by atoms with Crippen LogP contribution in [0.25, 0.3) is 11.1 Å². The maximum absolute atomic E-state index is 12.3. The lowest BCUT2D eigenvalue weighted by Crippen LogP contribution is -2.37. The van der Waals surface area contributed by atoms with Crippen molar-refractivity contribution in [2.45, 2.75) is 57.6 Å². The van der Waals surface area contributed by atoms with Crippen molar-refractivity contribution in [1.82, 2.24) is 10.6 Å². The number of carbonyl (C=O) groups excluding carboxylic acids is 3. The molecule has 1 atom stereocenters. The summed E-state index contributed by atoms with van der Waals surface area (Å²) >= 11 is 0. The first-order chi connectivity index (χ1) is 15.8. The van der Waals surface area contributed by atoms with Gasteiger partial charge < -0.3 is 24.9 Å². The number of rotatable bonds is 9. The van der Waals surface area contributed by atoms with E-state index in [4.69, 9.17) is 9.47 Å². The van der Waals surface area contributed by atoms with Crippen molar-refractivity contribution >= 4 is 18.5 Å². The number of hydrogen-bond acceptors (Lipinski definition) is 5. The summed E-state index contributed by atoms with van der Waals surface area (Å²) in [5.74, 6) is -0.0308. The topological polar surface area (TPSA) is 93.7 Å². The number of benzene rings is 2. The van der Waals surface area contributed by atoms with Crippen LogP contribution in [0.3, 0.4) is 0 Å². The maximum Gasteiger partial charge on any atom is 0.407 e. The fraction of sp³-hybridized carbons (Fsp3) is 0.423. The van der Waals surface area contributed by atoms with E-state index in [-0.39, 0.29) is 12.5 Å². The number of fused-ring (bicyclic) bond motifs is 3. The highest BCUT2D eigenvalue weighted by molar-refractivity contribution is 5.79. The van der Waals surface area contributed by atoms with E-state index in [0.717, 1.165) is 22.3 Å². The molecule has 0 fully saturated rings. The van der Waals surface area contributed by atoms with E-state index < -0.39 is 23.8 Å². The van der Waals surface area contributed by atoms with Crippen molar-refractivity contribution in [2.24, 2.45) is 0 Å². The van der Waals surface area contributed by atoms with Gasteiger partial charge in [0.1, 0.15) is 18.5 Å². The van der Waals surface area contributed by atoms with E-state index in [1.165, 1.54) is 0 Å². The van der Waals surface area contributed by atoms with Gasteiger partial charge in [0.05, 0.1) is 6.04 Å². The quantitative estimate of drug-likeness (QED) is 0.422. The van der Waals surface area contributed by atoms with Crippen LogP contribution in [0.1, 0.15) is 57.1 Å². The summed E-state index contributed by atoms with van der Waals surface area (Å²) in [5, 5.41) is 5.31. The molecule has 2 amide bonds. The number of nitrogens with one attached hydrogen (secondary N) is 2. The maximum atomic E-state index is 12.3. The van der Waals surface area contributed by atoms with Crippen LogP contribution in [-0.2, 0) is 14.3 Å². The molecule has 0 saturated carbocycles. The number of hydrogen-bond donors (Lipinski definition) is 2. The molecule has 2 aromatic carbocycles. The summed E-state index contributed by atoms with van der Waals surface area (Å²) in [5.41, 5.74) is 4.05. The Morgan fingerprint density at radius 2 is 1.58 bits per heavy atom. The third-order valence-electron chi connectivity index (χ3n) is 5.42. The number of ether oxygens (including phenoxy) is 2. The number of amides is 2. The zero-order chi connectivity index (χ0) is 23.8. The lowest BCUT2D eigenvalue weighted by Gasteiger charge is -2.19. The van der Waals surface area contributed by atoms with E-state index in [2.05, 4.69) is 34.9 Å². The highest BCUT2D eigenvalue weighted by atomic mass is 16.6. The molecule has 1 aliphatic rings. The predicted octanol–water partition coefficient (Wildman–Crippen LogP) is 4.79. The second-order valence-electron chi connectivity index (χ2n) is 9.14. The van der Waals surface area contributed by atoms with Gasteiger partial charge in [0, 0.05) is 12.5 Å². The molecule has 0 radical (unpaired) electrons. The Kier molecular flexibility index (Phi) is 8.09. The van der Waals surface area contributed by atoms with Crippen LogP contribution in [0.15, 0.2) is 48.5 Å². The third kappa shape index (κ3) is 6.81. The molecule has 0 aliphatic heterocycles. The molecule has 33 heavy (non-hydrogen) atoms. The Morgan fingerprint density at radius 3 is 2.15 bits per heavy atom. The average Bonchev–Trinajstić information content (AvgIpc) is 3.09. The minimum Gasteiger partial charge on any atom is -0.449 e. The number of carbonyl (C=O) groups is 3. The van der Waals surface area contributed by atoms with Crippen LogP contribution in [0.5, 0.6) is 0 Å². The molecule has 3 rings (SSSR count). The Morgan fingerprint density at radius 1 is 0.970 bits per heavy atom. The van der Waals surface area contributed by atoms with Gasteiger partial charge in [-0.15, -0.1) is 0 Å². The molecule has 0 bridgehead atoms. The van der Waals surface area contributed by atoms with Gasteiger partial charge in [0.15, 0.2) is 0 Å². The third-order valence-corrected chi connectivity index (χ3v) is 5.42. The van der Waals surface area contributed by atoms with E-state index in [0.29, 0.717) is 32.1 Å². The normalized spacial score (nSPS) is 13.4. The lowest BCUT2D eigenvalue weighted by molar-refractivity contribution is -0.109. The summed E-state index contributed by atoms with van der Waals surface area (Å²) in [6.07, 6.45) is 1.41. The molecule has 0 heterocycles. The van der Waals surface area contributed by atoms with Gasteiger partial charge in [-0.05, 0) is 62.3 Å². The van der Waals surface area contributed by atoms with E-state index >= 15 is 0 Å². The Bertz CT molecular complexity index is 937. The van der Waals surface area contributed by atoms with Crippen molar-refractivity contribution < 1.29 is 23.9 Å². The van der Waals surface area contributed by atoms with Crippen LogP contribution in [0.4, 0.5) is 9.59 Å². The Balaban J connectivity index is 1.42. The largest absolute Gasteiger partial charge is 0.449 e. The van der Waals surface area contributed by atoms with Crippen molar-refractivity contribution in [1.29, 1.82) is 0 Å².